The minimum Gasteiger partial charge on any atom is -0.490 e. The molecule has 0 radical (unpaired) electrons. The number of carbonyl (C=O) groups excluding carboxylic acids is 1. The van der Waals surface area contributed by atoms with Crippen molar-refractivity contribution in [2.75, 3.05) is 5.32 Å². The lowest BCUT2D eigenvalue weighted by atomic mass is 9.78. The number of anilines is 1. The fraction of sp³-hybridized carbons (Fsp3) is 0.200. The molecule has 0 bridgehead atoms. The van der Waals surface area contributed by atoms with E-state index < -0.39 is 11.9 Å². The van der Waals surface area contributed by atoms with Crippen LogP contribution in [0.4, 0.5) is 18.9 Å². The van der Waals surface area contributed by atoms with E-state index >= 15 is 0 Å². The van der Waals surface area contributed by atoms with Crippen molar-refractivity contribution in [2.24, 2.45) is 0 Å². The summed E-state index contributed by atoms with van der Waals surface area (Å²) in [7, 11) is 0. The van der Waals surface area contributed by atoms with Gasteiger partial charge < -0.3 is 15.0 Å². The minimum atomic E-state index is -4.43. The largest absolute Gasteiger partial charge is 0.490 e. The van der Waals surface area contributed by atoms with E-state index in [1.807, 2.05) is 36.4 Å². The summed E-state index contributed by atoms with van der Waals surface area (Å²) >= 11 is 0. The van der Waals surface area contributed by atoms with E-state index in [9.17, 15) is 18.0 Å². The van der Waals surface area contributed by atoms with E-state index in [-0.39, 0.29) is 17.9 Å². The average molecular weight is 451 g/mol. The monoisotopic (exact) mass is 451 g/mol. The molecule has 2 aromatic carbocycles. The molecule has 5 rings (SSSR count). The molecule has 1 amide bonds. The minimum absolute atomic E-state index is 0.0314. The van der Waals surface area contributed by atoms with Gasteiger partial charge in [-0.25, -0.2) is 0 Å². The summed E-state index contributed by atoms with van der Waals surface area (Å²) < 4.78 is 44.1. The zero-order valence-electron chi connectivity index (χ0n) is 17.4. The molecule has 0 spiro atoms. The fourth-order valence-corrected chi connectivity index (χ4v) is 4.00. The Hall–Kier alpha value is -3.81. The van der Waals surface area contributed by atoms with Gasteiger partial charge in [0.2, 0.25) is 0 Å². The second-order valence-electron chi connectivity index (χ2n) is 8.11. The molecule has 1 aliphatic carbocycles. The van der Waals surface area contributed by atoms with Crippen LogP contribution in [-0.2, 0) is 6.18 Å². The fourth-order valence-electron chi connectivity index (χ4n) is 4.00. The van der Waals surface area contributed by atoms with Gasteiger partial charge in [-0.3, -0.25) is 9.78 Å². The summed E-state index contributed by atoms with van der Waals surface area (Å²) in [6.07, 6.45) is -0.00837. The van der Waals surface area contributed by atoms with Crippen LogP contribution in [0.15, 0.2) is 73.1 Å². The highest BCUT2D eigenvalue weighted by Crippen LogP contribution is 2.40. The maximum absolute atomic E-state index is 12.7. The van der Waals surface area contributed by atoms with Gasteiger partial charge in [0.15, 0.2) is 0 Å². The summed E-state index contributed by atoms with van der Waals surface area (Å²) in [5.41, 5.74) is 2.00. The molecule has 168 valence electrons. The molecule has 2 aromatic heterocycles. The molecular formula is C25H20F3N3O2. The highest BCUT2D eigenvalue weighted by Gasteiger charge is 2.35. The van der Waals surface area contributed by atoms with Crippen molar-refractivity contribution in [3.05, 3.63) is 89.9 Å². The van der Waals surface area contributed by atoms with Gasteiger partial charge in [0.1, 0.15) is 11.4 Å². The Kier molecular flexibility index (Phi) is 5.28. The lowest BCUT2D eigenvalue weighted by Crippen LogP contribution is -2.32. The summed E-state index contributed by atoms with van der Waals surface area (Å²) in [4.78, 5) is 19.2. The number of rotatable bonds is 5. The number of nitrogens with zero attached hydrogens (tertiary/aromatic N) is 1. The van der Waals surface area contributed by atoms with Gasteiger partial charge in [-0.15, -0.1) is 0 Å². The highest BCUT2D eigenvalue weighted by molar-refractivity contribution is 6.09. The Labute approximate surface area is 187 Å². The number of hydrogen-bond donors (Lipinski definition) is 2. The van der Waals surface area contributed by atoms with Crippen LogP contribution in [0.1, 0.15) is 40.4 Å². The Bertz CT molecular complexity index is 1280. The van der Waals surface area contributed by atoms with Gasteiger partial charge >= 0.3 is 6.18 Å². The summed E-state index contributed by atoms with van der Waals surface area (Å²) in [6, 6.07) is 17.1. The number of fused-ring (bicyclic) bond motifs is 1. The van der Waals surface area contributed by atoms with Crippen molar-refractivity contribution in [3.63, 3.8) is 0 Å². The number of aromatic nitrogens is 2. The first-order valence-corrected chi connectivity index (χ1v) is 10.5. The van der Waals surface area contributed by atoms with Crippen LogP contribution >= 0.6 is 0 Å². The SMILES string of the molecule is O=C(Nc1c[nH]c2ccc(O[C@H]3C[C@@H](c4ccc(C(F)(F)F)nc4)C3)cc12)c1ccccc1. The lowest BCUT2D eigenvalue weighted by Gasteiger charge is -2.35. The third-order valence-corrected chi connectivity index (χ3v) is 5.88. The zero-order chi connectivity index (χ0) is 23.0. The van der Waals surface area contributed by atoms with Crippen molar-refractivity contribution in [3.8, 4) is 5.75 Å². The van der Waals surface area contributed by atoms with Gasteiger partial charge in [-0.1, -0.05) is 24.3 Å². The van der Waals surface area contributed by atoms with E-state index in [2.05, 4.69) is 15.3 Å². The number of alkyl halides is 3. The van der Waals surface area contributed by atoms with Crippen LogP contribution in [0, 0.1) is 0 Å². The number of ether oxygens (including phenoxy) is 1. The number of halogens is 3. The smallest absolute Gasteiger partial charge is 0.433 e. The first-order chi connectivity index (χ1) is 15.9. The Balaban J connectivity index is 1.23. The Morgan fingerprint density at radius 1 is 1.06 bits per heavy atom. The van der Waals surface area contributed by atoms with E-state index in [0.29, 0.717) is 29.8 Å². The highest BCUT2D eigenvalue weighted by atomic mass is 19.4. The van der Waals surface area contributed by atoms with Crippen LogP contribution < -0.4 is 10.1 Å². The van der Waals surface area contributed by atoms with Crippen LogP contribution in [0.3, 0.4) is 0 Å². The third kappa shape index (κ3) is 4.41. The van der Waals surface area contributed by atoms with Gasteiger partial charge in [0.05, 0.1) is 11.8 Å². The van der Waals surface area contributed by atoms with Crippen molar-refractivity contribution in [2.45, 2.75) is 31.0 Å². The number of hydrogen-bond acceptors (Lipinski definition) is 3. The Morgan fingerprint density at radius 3 is 2.55 bits per heavy atom. The predicted molar refractivity (Wildman–Crippen MR) is 118 cm³/mol. The second kappa shape index (κ2) is 8.27. The predicted octanol–water partition coefficient (Wildman–Crippen LogP) is 6.16. The maximum atomic E-state index is 12.7. The summed E-state index contributed by atoms with van der Waals surface area (Å²) in [5.74, 6) is 0.600. The van der Waals surface area contributed by atoms with Crippen molar-refractivity contribution < 1.29 is 22.7 Å². The van der Waals surface area contributed by atoms with Crippen LogP contribution in [0.2, 0.25) is 0 Å². The van der Waals surface area contributed by atoms with E-state index in [1.165, 1.54) is 12.3 Å². The van der Waals surface area contributed by atoms with Crippen LogP contribution in [0.25, 0.3) is 10.9 Å². The molecule has 1 saturated carbocycles. The van der Waals surface area contributed by atoms with Gasteiger partial charge in [-0.05, 0) is 60.7 Å². The van der Waals surface area contributed by atoms with E-state index in [1.54, 1.807) is 18.3 Å². The molecule has 1 aliphatic rings. The van der Waals surface area contributed by atoms with Gasteiger partial charge in [-0.2, -0.15) is 13.2 Å². The molecule has 33 heavy (non-hydrogen) atoms. The van der Waals surface area contributed by atoms with Crippen LogP contribution in [-0.4, -0.2) is 22.0 Å². The average Bonchev–Trinajstić information content (AvgIpc) is 3.18. The second-order valence-corrected chi connectivity index (χ2v) is 8.11. The molecule has 2 N–H and O–H groups in total. The molecule has 8 heteroatoms. The van der Waals surface area contributed by atoms with Crippen molar-refractivity contribution >= 4 is 22.5 Å². The molecule has 4 aromatic rings. The standard InChI is InChI=1S/C25H20F3N3O2/c26-25(27,28)23-9-6-16(13-30-23)17-10-19(11-17)33-18-7-8-21-20(12-18)22(14-29-21)31-24(32)15-4-2-1-3-5-15/h1-9,12-14,17,19,29H,10-11H2,(H,31,32)/t17-,19+. The number of benzene rings is 2. The lowest BCUT2D eigenvalue weighted by molar-refractivity contribution is -0.141. The number of aromatic amines is 1. The molecule has 5 nitrogen and oxygen atoms in total. The molecule has 0 aliphatic heterocycles. The number of H-pyrrole nitrogens is 1. The van der Waals surface area contributed by atoms with E-state index in [0.717, 1.165) is 22.5 Å². The first kappa shape index (κ1) is 21.1. The first-order valence-electron chi connectivity index (χ1n) is 10.5. The topological polar surface area (TPSA) is 67.0 Å². The summed E-state index contributed by atoms with van der Waals surface area (Å²) in [6.45, 7) is 0. The molecule has 0 saturated heterocycles. The zero-order valence-corrected chi connectivity index (χ0v) is 17.4. The normalized spacial score (nSPS) is 18.0. The quantitative estimate of drug-likeness (QED) is 0.382. The third-order valence-electron chi connectivity index (χ3n) is 5.88. The number of carbonyl (C=O) groups is 1. The number of nitrogens with one attached hydrogen (secondary N) is 2. The molecule has 0 atom stereocenters. The molecule has 0 unspecified atom stereocenters. The Morgan fingerprint density at radius 2 is 1.85 bits per heavy atom. The van der Waals surface area contributed by atoms with Gasteiger partial charge in [0, 0.05) is 28.9 Å². The van der Waals surface area contributed by atoms with Gasteiger partial charge in [0.25, 0.3) is 5.91 Å². The van der Waals surface area contributed by atoms with E-state index in [4.69, 9.17) is 4.74 Å². The summed E-state index contributed by atoms with van der Waals surface area (Å²) in [5, 5.41) is 3.75. The number of amides is 1. The molecular weight excluding hydrogens is 431 g/mol. The van der Waals surface area contributed by atoms with Crippen molar-refractivity contribution in [1.29, 1.82) is 0 Å². The number of pyridine rings is 1. The van der Waals surface area contributed by atoms with Crippen LogP contribution in [0.5, 0.6) is 5.75 Å². The molecule has 2 heterocycles. The molecule has 1 fully saturated rings. The van der Waals surface area contributed by atoms with Crippen molar-refractivity contribution in [1.82, 2.24) is 9.97 Å². The maximum Gasteiger partial charge on any atom is 0.433 e.